The number of amides is 3. The minimum absolute atomic E-state index is 0.0569. The number of hydrogen-bond donors (Lipinski definition) is 2. The van der Waals surface area contributed by atoms with Crippen LogP contribution in [0.4, 0.5) is 14.9 Å². The summed E-state index contributed by atoms with van der Waals surface area (Å²) in [6, 6.07) is 5.51. The quantitative estimate of drug-likeness (QED) is 0.816. The van der Waals surface area contributed by atoms with Crippen molar-refractivity contribution in [2.24, 2.45) is 5.92 Å². The van der Waals surface area contributed by atoms with E-state index < -0.39 is 0 Å². The zero-order chi connectivity index (χ0) is 17.6. The van der Waals surface area contributed by atoms with E-state index in [0.29, 0.717) is 12.2 Å². The Balaban J connectivity index is 1.75. The summed E-state index contributed by atoms with van der Waals surface area (Å²) < 4.78 is 13.1. The van der Waals surface area contributed by atoms with Gasteiger partial charge in [0.15, 0.2) is 0 Å². The molecule has 0 unspecified atom stereocenters. The standard InChI is InChI=1S/C19H26FN3O2/c20-14-8-10-15(11-9-14)22-19(25)23-13-4-2-1-3-12-21-18(24)16-6-5-7-17(16)23/h8-11,16-17H,1-7,12-13H2,(H,21,24)(H,22,25)/t16-,17+/m1/s1. The van der Waals surface area contributed by atoms with Gasteiger partial charge in [0.2, 0.25) is 5.91 Å². The first-order chi connectivity index (χ1) is 12.1. The zero-order valence-electron chi connectivity index (χ0n) is 14.5. The first kappa shape index (κ1) is 17.7. The molecule has 0 aromatic heterocycles. The van der Waals surface area contributed by atoms with E-state index in [2.05, 4.69) is 10.6 Å². The van der Waals surface area contributed by atoms with Gasteiger partial charge in [-0.2, -0.15) is 0 Å². The first-order valence-corrected chi connectivity index (χ1v) is 9.26. The van der Waals surface area contributed by atoms with Crippen LogP contribution in [-0.4, -0.2) is 36.0 Å². The van der Waals surface area contributed by atoms with Gasteiger partial charge in [-0.3, -0.25) is 4.79 Å². The average molecular weight is 347 g/mol. The number of nitrogens with zero attached hydrogens (tertiary/aromatic N) is 1. The molecule has 6 heteroatoms. The number of halogens is 1. The van der Waals surface area contributed by atoms with Gasteiger partial charge in [-0.25, -0.2) is 9.18 Å². The maximum atomic E-state index is 13.1. The molecule has 2 atom stereocenters. The smallest absolute Gasteiger partial charge is 0.322 e. The second-order valence-corrected chi connectivity index (χ2v) is 6.94. The van der Waals surface area contributed by atoms with Crippen LogP contribution in [0.15, 0.2) is 24.3 Å². The highest BCUT2D eigenvalue weighted by Gasteiger charge is 2.38. The van der Waals surface area contributed by atoms with E-state index >= 15 is 0 Å². The average Bonchev–Trinajstić information content (AvgIpc) is 3.07. The maximum Gasteiger partial charge on any atom is 0.322 e. The van der Waals surface area contributed by atoms with Crippen LogP contribution in [0.3, 0.4) is 0 Å². The van der Waals surface area contributed by atoms with Crippen molar-refractivity contribution in [2.45, 2.75) is 51.0 Å². The summed E-state index contributed by atoms with van der Waals surface area (Å²) in [5.41, 5.74) is 0.569. The highest BCUT2D eigenvalue weighted by atomic mass is 19.1. The Morgan fingerprint density at radius 2 is 1.84 bits per heavy atom. The molecule has 2 N–H and O–H groups in total. The molecule has 1 saturated carbocycles. The van der Waals surface area contributed by atoms with Gasteiger partial charge in [-0.15, -0.1) is 0 Å². The first-order valence-electron chi connectivity index (χ1n) is 9.26. The van der Waals surface area contributed by atoms with Gasteiger partial charge in [0.25, 0.3) is 0 Å². The molecule has 1 aromatic carbocycles. The normalized spacial score (nSPS) is 24.8. The molecule has 3 rings (SSSR count). The van der Waals surface area contributed by atoms with Gasteiger partial charge in [-0.1, -0.05) is 19.3 Å². The van der Waals surface area contributed by atoms with Crippen LogP contribution < -0.4 is 10.6 Å². The maximum absolute atomic E-state index is 13.1. The third kappa shape index (κ3) is 4.50. The number of carbonyl (C=O) groups is 2. The molecule has 0 bridgehead atoms. The third-order valence-corrected chi connectivity index (χ3v) is 5.20. The van der Waals surface area contributed by atoms with E-state index in [9.17, 15) is 14.0 Å². The number of urea groups is 1. The van der Waals surface area contributed by atoms with Gasteiger partial charge in [-0.05, 0) is 49.9 Å². The Kier molecular flexibility index (Phi) is 5.89. The van der Waals surface area contributed by atoms with E-state index in [0.717, 1.165) is 51.5 Å². The van der Waals surface area contributed by atoms with Crippen molar-refractivity contribution in [1.29, 1.82) is 0 Å². The Morgan fingerprint density at radius 1 is 1.08 bits per heavy atom. The summed E-state index contributed by atoms with van der Waals surface area (Å²) >= 11 is 0. The number of fused-ring (bicyclic) bond motifs is 1. The van der Waals surface area contributed by atoms with Gasteiger partial charge in [0.1, 0.15) is 5.82 Å². The molecule has 1 saturated heterocycles. The summed E-state index contributed by atoms with van der Waals surface area (Å²) in [5, 5.41) is 5.88. The van der Waals surface area contributed by atoms with Gasteiger partial charge in [0.05, 0.1) is 5.92 Å². The van der Waals surface area contributed by atoms with Crippen molar-refractivity contribution in [3.63, 3.8) is 0 Å². The van der Waals surface area contributed by atoms with Crippen molar-refractivity contribution in [3.8, 4) is 0 Å². The number of carbonyl (C=O) groups excluding carboxylic acids is 2. The second-order valence-electron chi connectivity index (χ2n) is 6.94. The van der Waals surface area contributed by atoms with Crippen molar-refractivity contribution >= 4 is 17.6 Å². The lowest BCUT2D eigenvalue weighted by Gasteiger charge is -2.32. The molecule has 0 radical (unpaired) electrons. The summed E-state index contributed by atoms with van der Waals surface area (Å²) in [5.74, 6) is -0.387. The van der Waals surface area contributed by atoms with Crippen LogP contribution in [-0.2, 0) is 4.79 Å². The van der Waals surface area contributed by atoms with Crippen LogP contribution in [0.1, 0.15) is 44.9 Å². The van der Waals surface area contributed by atoms with Gasteiger partial charge < -0.3 is 15.5 Å². The fourth-order valence-corrected chi connectivity index (χ4v) is 3.87. The van der Waals surface area contributed by atoms with Crippen molar-refractivity contribution in [2.75, 3.05) is 18.4 Å². The number of benzene rings is 1. The van der Waals surface area contributed by atoms with Gasteiger partial charge in [0, 0.05) is 24.8 Å². The number of hydrogen-bond acceptors (Lipinski definition) is 2. The Hall–Kier alpha value is -2.11. The highest BCUT2D eigenvalue weighted by molar-refractivity contribution is 5.90. The van der Waals surface area contributed by atoms with E-state index in [1.54, 1.807) is 12.1 Å². The van der Waals surface area contributed by atoms with E-state index in [-0.39, 0.29) is 29.7 Å². The molecule has 2 fully saturated rings. The molecular weight excluding hydrogens is 321 g/mol. The van der Waals surface area contributed by atoms with Crippen LogP contribution in [0, 0.1) is 11.7 Å². The molecule has 1 aromatic rings. The molecule has 136 valence electrons. The highest BCUT2D eigenvalue weighted by Crippen LogP contribution is 2.31. The lowest BCUT2D eigenvalue weighted by molar-refractivity contribution is -0.126. The molecule has 1 aliphatic carbocycles. The Morgan fingerprint density at radius 3 is 2.64 bits per heavy atom. The fourth-order valence-electron chi connectivity index (χ4n) is 3.87. The number of anilines is 1. The SMILES string of the molecule is O=C1NCCCCCCN(C(=O)Nc2ccc(F)cc2)[C@H]2CCC[C@@H]12. The topological polar surface area (TPSA) is 61.4 Å². The lowest BCUT2D eigenvalue weighted by atomic mass is 10.0. The molecule has 3 amide bonds. The van der Waals surface area contributed by atoms with Crippen LogP contribution in [0.2, 0.25) is 0 Å². The van der Waals surface area contributed by atoms with Gasteiger partial charge >= 0.3 is 6.03 Å². The lowest BCUT2D eigenvalue weighted by Crippen LogP contribution is -2.48. The van der Waals surface area contributed by atoms with E-state index in [4.69, 9.17) is 0 Å². The summed E-state index contributed by atoms with van der Waals surface area (Å²) in [6.07, 6.45) is 6.69. The monoisotopic (exact) mass is 347 g/mol. The molecule has 1 aliphatic heterocycles. The molecule has 0 spiro atoms. The number of nitrogens with one attached hydrogen (secondary N) is 2. The minimum atomic E-state index is -0.333. The predicted molar refractivity (Wildman–Crippen MR) is 94.7 cm³/mol. The molecule has 5 nitrogen and oxygen atoms in total. The largest absolute Gasteiger partial charge is 0.356 e. The Labute approximate surface area is 148 Å². The Bertz CT molecular complexity index is 605. The fraction of sp³-hybridized carbons (Fsp3) is 0.579. The van der Waals surface area contributed by atoms with Crippen molar-refractivity contribution in [3.05, 3.63) is 30.1 Å². The number of rotatable bonds is 1. The summed E-state index contributed by atoms with van der Waals surface area (Å²) in [6.45, 7) is 1.38. The third-order valence-electron chi connectivity index (χ3n) is 5.20. The minimum Gasteiger partial charge on any atom is -0.356 e. The zero-order valence-corrected chi connectivity index (χ0v) is 14.5. The van der Waals surface area contributed by atoms with Crippen LogP contribution in [0.5, 0.6) is 0 Å². The summed E-state index contributed by atoms with van der Waals surface area (Å²) in [7, 11) is 0. The van der Waals surface area contributed by atoms with Crippen molar-refractivity contribution in [1.82, 2.24) is 10.2 Å². The van der Waals surface area contributed by atoms with Crippen LogP contribution in [0.25, 0.3) is 0 Å². The molecule has 1 heterocycles. The van der Waals surface area contributed by atoms with Crippen molar-refractivity contribution < 1.29 is 14.0 Å². The van der Waals surface area contributed by atoms with E-state index in [1.165, 1.54) is 12.1 Å². The second kappa shape index (κ2) is 8.32. The van der Waals surface area contributed by atoms with Crippen LogP contribution >= 0.6 is 0 Å². The predicted octanol–water partition coefficient (Wildman–Crippen LogP) is 3.52. The molecule has 2 aliphatic rings. The molecule has 25 heavy (non-hydrogen) atoms. The molecular formula is C19H26FN3O2. The van der Waals surface area contributed by atoms with E-state index in [1.807, 2.05) is 4.90 Å². The summed E-state index contributed by atoms with van der Waals surface area (Å²) in [4.78, 5) is 27.1.